The van der Waals surface area contributed by atoms with Gasteiger partial charge < -0.3 is 0 Å². The van der Waals surface area contributed by atoms with E-state index in [2.05, 4.69) is 51.7 Å². The van der Waals surface area contributed by atoms with Crippen LogP contribution in [0.2, 0.25) is 5.02 Å². The Morgan fingerprint density at radius 3 is 2.36 bits per heavy atom. The first kappa shape index (κ1) is 18.5. The molecule has 0 N–H and O–H groups in total. The minimum Gasteiger partial charge on any atom is -0.195 e. The van der Waals surface area contributed by atoms with Gasteiger partial charge in [0, 0.05) is 10.8 Å². The second-order valence-corrected chi connectivity index (χ2v) is 7.48. The van der Waals surface area contributed by atoms with Gasteiger partial charge in [-0.25, -0.2) is 0 Å². The van der Waals surface area contributed by atoms with E-state index < -0.39 is 0 Å². The van der Waals surface area contributed by atoms with E-state index in [-0.39, 0.29) is 0 Å². The van der Waals surface area contributed by atoms with Crippen molar-refractivity contribution in [2.75, 3.05) is 0 Å². The van der Waals surface area contributed by atoms with Crippen LogP contribution < -0.4 is 0 Å². The molecule has 0 unspecified atom stereocenters. The first-order chi connectivity index (χ1) is 13.8. The summed E-state index contributed by atoms with van der Waals surface area (Å²) in [5.74, 6) is 0.775. The van der Waals surface area contributed by atoms with E-state index in [1.807, 2.05) is 48.7 Å². The highest BCUT2D eigenvalue weighted by Crippen LogP contribution is 2.22. The SMILES string of the molecule is Clc1ccc(CSc2nncn2/N=C\c2ccc(-c3ccccc3)cc2)cc1. The molecule has 1 aromatic heterocycles. The lowest BCUT2D eigenvalue weighted by molar-refractivity contribution is 0.767. The fourth-order valence-corrected chi connectivity index (χ4v) is 3.59. The van der Waals surface area contributed by atoms with E-state index in [0.717, 1.165) is 21.5 Å². The summed E-state index contributed by atoms with van der Waals surface area (Å²) >= 11 is 7.51. The van der Waals surface area contributed by atoms with Crippen LogP contribution in [0.3, 0.4) is 0 Å². The number of benzene rings is 3. The highest BCUT2D eigenvalue weighted by Gasteiger charge is 2.05. The number of nitrogens with zero attached hydrogens (tertiary/aromatic N) is 4. The second kappa shape index (κ2) is 8.87. The van der Waals surface area contributed by atoms with Gasteiger partial charge in [0.2, 0.25) is 5.16 Å². The van der Waals surface area contributed by atoms with E-state index in [1.165, 1.54) is 16.7 Å². The van der Waals surface area contributed by atoms with Crippen LogP contribution in [0, 0.1) is 0 Å². The van der Waals surface area contributed by atoms with E-state index in [4.69, 9.17) is 11.6 Å². The zero-order valence-electron chi connectivity index (χ0n) is 14.9. The minimum atomic E-state index is 0.736. The predicted octanol–water partition coefficient (Wildman–Crippen LogP) is 5.77. The molecule has 138 valence electrons. The van der Waals surface area contributed by atoms with Crippen LogP contribution in [0.5, 0.6) is 0 Å². The maximum Gasteiger partial charge on any atom is 0.212 e. The number of thioether (sulfide) groups is 1. The Hall–Kier alpha value is -2.89. The molecule has 0 amide bonds. The van der Waals surface area contributed by atoms with Crippen molar-refractivity contribution in [2.24, 2.45) is 5.10 Å². The summed E-state index contributed by atoms with van der Waals surface area (Å²) in [6, 6.07) is 26.4. The molecule has 0 aliphatic heterocycles. The molecule has 0 saturated carbocycles. The molecule has 0 spiro atoms. The van der Waals surface area contributed by atoms with Crippen molar-refractivity contribution in [3.05, 3.63) is 101 Å². The molecule has 28 heavy (non-hydrogen) atoms. The summed E-state index contributed by atoms with van der Waals surface area (Å²) in [5.41, 5.74) is 4.57. The Kier molecular flexibility index (Phi) is 5.85. The summed E-state index contributed by atoms with van der Waals surface area (Å²) in [7, 11) is 0. The summed E-state index contributed by atoms with van der Waals surface area (Å²) in [6.07, 6.45) is 3.42. The van der Waals surface area contributed by atoms with Crippen LogP contribution in [-0.4, -0.2) is 21.1 Å². The summed E-state index contributed by atoms with van der Waals surface area (Å²) in [4.78, 5) is 0. The summed E-state index contributed by atoms with van der Waals surface area (Å²) < 4.78 is 1.69. The lowest BCUT2D eigenvalue weighted by Gasteiger charge is -2.03. The Morgan fingerprint density at radius 1 is 0.893 bits per heavy atom. The molecule has 3 aromatic carbocycles. The molecular formula is C22H17ClN4S. The Balaban J connectivity index is 1.42. The van der Waals surface area contributed by atoms with Crippen molar-refractivity contribution >= 4 is 29.6 Å². The fraction of sp³-hybridized carbons (Fsp3) is 0.0455. The van der Waals surface area contributed by atoms with E-state index in [1.54, 1.807) is 22.8 Å². The third kappa shape index (κ3) is 4.68. The lowest BCUT2D eigenvalue weighted by atomic mass is 10.0. The normalized spacial score (nSPS) is 11.2. The van der Waals surface area contributed by atoms with Crippen molar-refractivity contribution in [1.82, 2.24) is 14.9 Å². The van der Waals surface area contributed by atoms with Gasteiger partial charge >= 0.3 is 0 Å². The second-order valence-electron chi connectivity index (χ2n) is 6.11. The summed E-state index contributed by atoms with van der Waals surface area (Å²) in [5, 5.41) is 14.1. The standard InChI is InChI=1S/C22H17ClN4S/c23-21-12-8-18(9-13-21)15-28-22-26-24-16-27(22)25-14-17-6-10-20(11-7-17)19-4-2-1-3-5-19/h1-14,16H,15H2/b25-14-. The van der Waals surface area contributed by atoms with Crippen molar-refractivity contribution in [2.45, 2.75) is 10.9 Å². The van der Waals surface area contributed by atoms with Gasteiger partial charge in [0.15, 0.2) is 0 Å². The zero-order valence-corrected chi connectivity index (χ0v) is 16.5. The minimum absolute atomic E-state index is 0.736. The van der Waals surface area contributed by atoms with Gasteiger partial charge in [0.25, 0.3) is 0 Å². The third-order valence-corrected chi connectivity index (χ3v) is 5.39. The van der Waals surface area contributed by atoms with Crippen LogP contribution in [0.25, 0.3) is 11.1 Å². The first-order valence-corrected chi connectivity index (χ1v) is 10.1. The molecule has 4 rings (SSSR count). The van der Waals surface area contributed by atoms with E-state index >= 15 is 0 Å². The monoisotopic (exact) mass is 404 g/mol. The van der Waals surface area contributed by atoms with Crippen molar-refractivity contribution < 1.29 is 0 Å². The molecule has 4 nitrogen and oxygen atoms in total. The van der Waals surface area contributed by atoms with Gasteiger partial charge in [0.05, 0.1) is 6.21 Å². The number of hydrogen-bond donors (Lipinski definition) is 0. The molecule has 6 heteroatoms. The maximum absolute atomic E-state index is 5.93. The van der Waals surface area contributed by atoms with Gasteiger partial charge in [-0.15, -0.1) is 10.2 Å². The van der Waals surface area contributed by atoms with E-state index in [0.29, 0.717) is 0 Å². The molecule has 0 radical (unpaired) electrons. The topological polar surface area (TPSA) is 43.1 Å². The largest absolute Gasteiger partial charge is 0.212 e. The maximum atomic E-state index is 5.93. The Morgan fingerprint density at radius 2 is 1.61 bits per heavy atom. The van der Waals surface area contributed by atoms with Gasteiger partial charge in [-0.2, -0.15) is 9.78 Å². The Labute approximate surface area is 172 Å². The zero-order chi connectivity index (χ0) is 19.2. The highest BCUT2D eigenvalue weighted by molar-refractivity contribution is 7.98. The molecule has 0 fully saturated rings. The molecular weight excluding hydrogens is 388 g/mol. The van der Waals surface area contributed by atoms with E-state index in [9.17, 15) is 0 Å². The molecule has 0 saturated heterocycles. The molecule has 0 aliphatic rings. The molecule has 0 aliphatic carbocycles. The van der Waals surface area contributed by atoms with Gasteiger partial charge in [-0.1, -0.05) is 90.1 Å². The first-order valence-electron chi connectivity index (χ1n) is 8.75. The van der Waals surface area contributed by atoms with Gasteiger partial charge in [-0.3, -0.25) is 0 Å². The average Bonchev–Trinajstić information content (AvgIpc) is 3.20. The van der Waals surface area contributed by atoms with Gasteiger partial charge in [-0.05, 0) is 34.4 Å². The quantitative estimate of drug-likeness (QED) is 0.302. The predicted molar refractivity (Wildman–Crippen MR) is 116 cm³/mol. The fourth-order valence-electron chi connectivity index (χ4n) is 2.64. The van der Waals surface area contributed by atoms with Gasteiger partial charge in [0.1, 0.15) is 6.33 Å². The average molecular weight is 405 g/mol. The molecule has 0 atom stereocenters. The van der Waals surface area contributed by atoms with Crippen LogP contribution >= 0.6 is 23.4 Å². The molecule has 4 aromatic rings. The van der Waals surface area contributed by atoms with Crippen molar-refractivity contribution in [3.8, 4) is 11.1 Å². The molecule has 1 heterocycles. The Bertz CT molecular complexity index is 1060. The van der Waals surface area contributed by atoms with Crippen LogP contribution in [0.15, 0.2) is 95.4 Å². The van der Waals surface area contributed by atoms with Crippen LogP contribution in [0.1, 0.15) is 11.1 Å². The number of aromatic nitrogens is 3. The van der Waals surface area contributed by atoms with Crippen molar-refractivity contribution in [1.29, 1.82) is 0 Å². The lowest BCUT2D eigenvalue weighted by Crippen LogP contribution is -1.93. The summed E-state index contributed by atoms with van der Waals surface area (Å²) in [6.45, 7) is 0. The smallest absolute Gasteiger partial charge is 0.195 e. The third-order valence-electron chi connectivity index (χ3n) is 4.13. The number of hydrogen-bond acceptors (Lipinski definition) is 4. The molecule has 0 bridgehead atoms. The van der Waals surface area contributed by atoms with Crippen LogP contribution in [-0.2, 0) is 5.75 Å². The number of halogens is 1. The number of rotatable bonds is 6. The van der Waals surface area contributed by atoms with Crippen molar-refractivity contribution in [3.63, 3.8) is 0 Å². The highest BCUT2D eigenvalue weighted by atomic mass is 35.5. The van der Waals surface area contributed by atoms with Crippen LogP contribution in [0.4, 0.5) is 0 Å².